The van der Waals surface area contributed by atoms with E-state index in [1.54, 1.807) is 6.33 Å². The Hall–Kier alpha value is -1.20. The monoisotopic (exact) mass is 291 g/mol. The van der Waals surface area contributed by atoms with Gasteiger partial charge in [0.05, 0.1) is 24.5 Å². The van der Waals surface area contributed by atoms with E-state index in [0.29, 0.717) is 5.92 Å². The Balaban J connectivity index is 1.78. The van der Waals surface area contributed by atoms with Gasteiger partial charge < -0.3 is 14.4 Å². The second-order valence-corrected chi connectivity index (χ2v) is 6.02. The van der Waals surface area contributed by atoms with Gasteiger partial charge in [-0.25, -0.2) is 9.97 Å². The molecule has 0 saturated carbocycles. The molecule has 5 heteroatoms. The van der Waals surface area contributed by atoms with Gasteiger partial charge in [-0.15, -0.1) is 0 Å². The van der Waals surface area contributed by atoms with E-state index in [9.17, 15) is 0 Å². The van der Waals surface area contributed by atoms with E-state index in [2.05, 4.69) is 34.8 Å². The van der Waals surface area contributed by atoms with Crippen LogP contribution < -0.4 is 4.90 Å². The Kier molecular flexibility index (Phi) is 4.40. The quantitative estimate of drug-likeness (QED) is 0.852. The molecule has 0 N–H and O–H groups in total. The predicted molar refractivity (Wildman–Crippen MR) is 81.7 cm³/mol. The molecule has 2 saturated heterocycles. The minimum absolute atomic E-state index is 0.0279. The van der Waals surface area contributed by atoms with Crippen LogP contribution in [0, 0.1) is 0 Å². The van der Waals surface area contributed by atoms with Crippen molar-refractivity contribution < 1.29 is 9.47 Å². The fraction of sp³-hybridized carbons (Fsp3) is 0.750. The molecule has 0 aliphatic carbocycles. The number of aromatic nitrogens is 2. The molecular weight excluding hydrogens is 266 g/mol. The number of hydrogen-bond donors (Lipinski definition) is 0. The van der Waals surface area contributed by atoms with Crippen molar-refractivity contribution in [2.75, 3.05) is 37.8 Å². The first-order valence-electron chi connectivity index (χ1n) is 8.05. The van der Waals surface area contributed by atoms with Gasteiger partial charge in [-0.05, 0) is 19.3 Å². The third-order valence-corrected chi connectivity index (χ3v) is 4.88. The number of ether oxygens (including phenoxy) is 2. The number of nitrogens with zero attached hydrogens (tertiary/aromatic N) is 3. The summed E-state index contributed by atoms with van der Waals surface area (Å²) in [6, 6.07) is 2.14. The second-order valence-electron chi connectivity index (χ2n) is 6.02. The normalized spacial score (nSPS) is 25.2. The molecule has 1 aromatic rings. The fourth-order valence-corrected chi connectivity index (χ4v) is 3.24. The van der Waals surface area contributed by atoms with Crippen LogP contribution in [0.2, 0.25) is 0 Å². The van der Waals surface area contributed by atoms with Gasteiger partial charge in [-0.3, -0.25) is 0 Å². The van der Waals surface area contributed by atoms with E-state index < -0.39 is 0 Å². The molecule has 0 radical (unpaired) electrons. The highest BCUT2D eigenvalue weighted by molar-refractivity contribution is 5.41. The highest BCUT2D eigenvalue weighted by Crippen LogP contribution is 2.30. The van der Waals surface area contributed by atoms with Crippen LogP contribution in [0.25, 0.3) is 0 Å². The summed E-state index contributed by atoms with van der Waals surface area (Å²) >= 11 is 0. The van der Waals surface area contributed by atoms with Gasteiger partial charge in [0.1, 0.15) is 12.1 Å². The van der Waals surface area contributed by atoms with E-state index in [4.69, 9.17) is 9.47 Å². The van der Waals surface area contributed by atoms with Crippen molar-refractivity contribution in [1.82, 2.24) is 9.97 Å². The van der Waals surface area contributed by atoms with Gasteiger partial charge in [0, 0.05) is 31.7 Å². The van der Waals surface area contributed by atoms with Crippen molar-refractivity contribution in [2.45, 2.75) is 44.6 Å². The predicted octanol–water partition coefficient (Wildman–Crippen LogP) is 2.38. The lowest BCUT2D eigenvalue weighted by atomic mass is 9.95. The Morgan fingerprint density at radius 2 is 2.14 bits per heavy atom. The Morgan fingerprint density at radius 3 is 2.86 bits per heavy atom. The van der Waals surface area contributed by atoms with Crippen molar-refractivity contribution in [1.29, 1.82) is 0 Å². The zero-order valence-electron chi connectivity index (χ0n) is 13.0. The standard InChI is InChI=1S/C16H25N3O2/c1-3-16(4-2)11-19(6-8-21-16)15-9-14(17-12-18-15)13-5-7-20-10-13/h9,12-13H,3-8,10-11H2,1-2H3. The SMILES string of the molecule is CCC1(CC)CN(c2cc(C3CCOC3)ncn2)CCO1. The molecule has 0 aromatic carbocycles. The molecule has 5 nitrogen and oxygen atoms in total. The lowest BCUT2D eigenvalue weighted by Gasteiger charge is -2.42. The maximum atomic E-state index is 6.04. The van der Waals surface area contributed by atoms with Crippen LogP contribution in [0.3, 0.4) is 0 Å². The molecule has 21 heavy (non-hydrogen) atoms. The van der Waals surface area contributed by atoms with Crippen molar-refractivity contribution in [3.05, 3.63) is 18.1 Å². The van der Waals surface area contributed by atoms with E-state index in [1.807, 2.05) is 0 Å². The Labute approximate surface area is 126 Å². The highest BCUT2D eigenvalue weighted by atomic mass is 16.5. The number of morpholine rings is 1. The van der Waals surface area contributed by atoms with Gasteiger partial charge in [-0.2, -0.15) is 0 Å². The molecule has 1 unspecified atom stereocenters. The molecule has 0 amide bonds. The molecule has 2 aliphatic rings. The summed E-state index contributed by atoms with van der Waals surface area (Å²) in [6.07, 6.45) is 4.83. The maximum Gasteiger partial charge on any atom is 0.132 e. The summed E-state index contributed by atoms with van der Waals surface area (Å²) in [5.41, 5.74) is 1.09. The van der Waals surface area contributed by atoms with Crippen molar-refractivity contribution in [3.8, 4) is 0 Å². The van der Waals surface area contributed by atoms with Crippen LogP contribution in [-0.4, -0.2) is 48.5 Å². The molecule has 1 aromatic heterocycles. The molecular formula is C16H25N3O2. The lowest BCUT2D eigenvalue weighted by molar-refractivity contribution is -0.0607. The van der Waals surface area contributed by atoms with E-state index in [0.717, 1.165) is 63.7 Å². The highest BCUT2D eigenvalue weighted by Gasteiger charge is 2.34. The number of anilines is 1. The van der Waals surface area contributed by atoms with Gasteiger partial charge in [0.25, 0.3) is 0 Å². The molecule has 1 atom stereocenters. The van der Waals surface area contributed by atoms with Gasteiger partial charge in [0.2, 0.25) is 0 Å². The molecule has 3 rings (SSSR count). The minimum atomic E-state index is -0.0279. The van der Waals surface area contributed by atoms with Crippen molar-refractivity contribution >= 4 is 5.82 Å². The van der Waals surface area contributed by atoms with Crippen LogP contribution in [-0.2, 0) is 9.47 Å². The first kappa shape index (κ1) is 14.7. The summed E-state index contributed by atoms with van der Waals surface area (Å²) in [5, 5.41) is 0. The average Bonchev–Trinajstić information content (AvgIpc) is 3.09. The van der Waals surface area contributed by atoms with Crippen LogP contribution in [0.4, 0.5) is 5.82 Å². The van der Waals surface area contributed by atoms with Crippen molar-refractivity contribution in [3.63, 3.8) is 0 Å². The number of rotatable bonds is 4. The fourth-order valence-electron chi connectivity index (χ4n) is 3.24. The summed E-state index contributed by atoms with van der Waals surface area (Å²) in [5.74, 6) is 1.45. The summed E-state index contributed by atoms with van der Waals surface area (Å²) < 4.78 is 11.5. The molecule has 3 heterocycles. The zero-order chi connectivity index (χ0) is 14.7. The Bertz CT molecular complexity index is 470. The maximum absolute atomic E-state index is 6.04. The zero-order valence-corrected chi connectivity index (χ0v) is 13.0. The smallest absolute Gasteiger partial charge is 0.132 e. The largest absolute Gasteiger partial charge is 0.381 e. The van der Waals surface area contributed by atoms with Crippen LogP contribution >= 0.6 is 0 Å². The lowest BCUT2D eigenvalue weighted by Crippen LogP contribution is -2.51. The van der Waals surface area contributed by atoms with Crippen molar-refractivity contribution in [2.24, 2.45) is 0 Å². The van der Waals surface area contributed by atoms with E-state index in [-0.39, 0.29) is 5.60 Å². The topological polar surface area (TPSA) is 47.5 Å². The molecule has 116 valence electrons. The van der Waals surface area contributed by atoms with Gasteiger partial charge >= 0.3 is 0 Å². The molecule has 0 spiro atoms. The summed E-state index contributed by atoms with van der Waals surface area (Å²) in [6.45, 7) is 8.62. The van der Waals surface area contributed by atoms with Crippen LogP contribution in [0.1, 0.15) is 44.7 Å². The third-order valence-electron chi connectivity index (χ3n) is 4.88. The first-order chi connectivity index (χ1) is 10.3. The minimum Gasteiger partial charge on any atom is -0.381 e. The van der Waals surface area contributed by atoms with Crippen LogP contribution in [0.15, 0.2) is 12.4 Å². The van der Waals surface area contributed by atoms with Gasteiger partial charge in [0.15, 0.2) is 0 Å². The van der Waals surface area contributed by atoms with Gasteiger partial charge in [-0.1, -0.05) is 13.8 Å². The molecule has 2 fully saturated rings. The third kappa shape index (κ3) is 3.04. The molecule has 2 aliphatic heterocycles. The summed E-state index contributed by atoms with van der Waals surface area (Å²) in [4.78, 5) is 11.3. The van der Waals surface area contributed by atoms with Crippen LogP contribution in [0.5, 0.6) is 0 Å². The van der Waals surface area contributed by atoms with E-state index in [1.165, 1.54) is 0 Å². The summed E-state index contributed by atoms with van der Waals surface area (Å²) in [7, 11) is 0. The second kappa shape index (κ2) is 6.28. The molecule has 0 bridgehead atoms. The first-order valence-corrected chi connectivity index (χ1v) is 8.05. The van der Waals surface area contributed by atoms with E-state index >= 15 is 0 Å². The average molecular weight is 291 g/mol. The number of hydrogen-bond acceptors (Lipinski definition) is 5. The Morgan fingerprint density at radius 1 is 1.29 bits per heavy atom.